The van der Waals surface area contributed by atoms with Gasteiger partial charge in [0.2, 0.25) is 5.95 Å². The van der Waals surface area contributed by atoms with E-state index >= 15 is 0 Å². The highest BCUT2D eigenvalue weighted by molar-refractivity contribution is 6.30. The molecule has 120 valence electrons. The minimum absolute atomic E-state index is 0.680. The minimum atomic E-state index is 0.680. The second kappa shape index (κ2) is 5.76. The molecule has 4 rings (SSSR count). The number of anilines is 2. The quantitative estimate of drug-likeness (QED) is 0.596. The third-order valence-electron chi connectivity index (χ3n) is 4.08. The number of halogens is 1. The Hall–Kier alpha value is -2.66. The van der Waals surface area contributed by atoms with Crippen LogP contribution in [0.5, 0.6) is 0 Å². The van der Waals surface area contributed by atoms with Crippen molar-refractivity contribution in [3.8, 4) is 0 Å². The van der Waals surface area contributed by atoms with Gasteiger partial charge in [0.05, 0.1) is 5.52 Å². The average molecular weight is 338 g/mol. The summed E-state index contributed by atoms with van der Waals surface area (Å²) in [6.07, 6.45) is 0.768. The van der Waals surface area contributed by atoms with Gasteiger partial charge < -0.3 is 5.32 Å². The van der Waals surface area contributed by atoms with Gasteiger partial charge in [0, 0.05) is 22.5 Å². The van der Waals surface area contributed by atoms with E-state index in [2.05, 4.69) is 22.4 Å². The van der Waals surface area contributed by atoms with Crippen molar-refractivity contribution in [2.45, 2.75) is 20.3 Å². The number of nitrogens with zero attached hydrogens (tertiary/aromatic N) is 4. The van der Waals surface area contributed by atoms with Crippen molar-refractivity contribution in [2.24, 2.45) is 0 Å². The number of fused-ring (bicyclic) bond motifs is 3. The summed E-state index contributed by atoms with van der Waals surface area (Å²) in [4.78, 5) is 4.78. The molecule has 0 aliphatic rings. The summed E-state index contributed by atoms with van der Waals surface area (Å²) in [6, 6.07) is 13.7. The number of hydrogen-bond acceptors (Lipinski definition) is 4. The zero-order chi connectivity index (χ0) is 16.7. The molecule has 0 aliphatic carbocycles. The van der Waals surface area contributed by atoms with Gasteiger partial charge in [-0.25, -0.2) is 9.38 Å². The van der Waals surface area contributed by atoms with Gasteiger partial charge >= 0.3 is 0 Å². The Morgan fingerprint density at radius 3 is 2.79 bits per heavy atom. The summed E-state index contributed by atoms with van der Waals surface area (Å²) in [7, 11) is 0. The molecule has 0 atom stereocenters. The summed E-state index contributed by atoms with van der Waals surface area (Å²) in [5.74, 6) is 1.56. The molecule has 0 saturated carbocycles. The van der Waals surface area contributed by atoms with E-state index in [9.17, 15) is 0 Å². The summed E-state index contributed by atoms with van der Waals surface area (Å²) >= 11 is 6.14. The second-order valence-electron chi connectivity index (χ2n) is 5.67. The van der Waals surface area contributed by atoms with E-state index in [0.29, 0.717) is 11.0 Å². The molecule has 4 aromatic rings. The van der Waals surface area contributed by atoms with E-state index in [1.54, 1.807) is 0 Å². The monoisotopic (exact) mass is 337 g/mol. The number of benzene rings is 2. The van der Waals surface area contributed by atoms with Crippen LogP contribution in [0.3, 0.4) is 0 Å². The summed E-state index contributed by atoms with van der Waals surface area (Å²) in [6.45, 7) is 4.09. The van der Waals surface area contributed by atoms with Crippen molar-refractivity contribution in [1.29, 1.82) is 0 Å². The van der Waals surface area contributed by atoms with E-state index in [1.165, 1.54) is 0 Å². The Balaban J connectivity index is 1.98. The van der Waals surface area contributed by atoms with Gasteiger partial charge in [0.15, 0.2) is 5.65 Å². The third kappa shape index (κ3) is 2.37. The van der Waals surface area contributed by atoms with Crippen LogP contribution in [0.25, 0.3) is 16.6 Å². The van der Waals surface area contributed by atoms with E-state index < -0.39 is 0 Å². The van der Waals surface area contributed by atoms with Crippen LogP contribution in [0, 0.1) is 6.92 Å². The lowest BCUT2D eigenvalue weighted by Gasteiger charge is -2.13. The predicted molar refractivity (Wildman–Crippen MR) is 97.1 cm³/mol. The molecular formula is C18H16ClN5. The molecule has 0 aliphatic heterocycles. The average Bonchev–Trinajstić information content (AvgIpc) is 3.03. The van der Waals surface area contributed by atoms with Gasteiger partial charge in [0.25, 0.3) is 0 Å². The number of aryl methyl sites for hydroxylation is 2. The highest BCUT2D eigenvalue weighted by Crippen LogP contribution is 2.27. The van der Waals surface area contributed by atoms with Gasteiger partial charge in [-0.1, -0.05) is 36.7 Å². The Morgan fingerprint density at radius 2 is 1.96 bits per heavy atom. The molecule has 2 aromatic carbocycles. The molecular weight excluding hydrogens is 322 g/mol. The molecule has 0 bridgehead atoms. The largest absolute Gasteiger partial charge is 0.325 e. The first-order valence-electron chi connectivity index (χ1n) is 7.83. The number of para-hydroxylation sites is 1. The van der Waals surface area contributed by atoms with Crippen LogP contribution in [0.4, 0.5) is 11.6 Å². The second-order valence-corrected chi connectivity index (χ2v) is 6.10. The fraction of sp³-hybridized carbons (Fsp3) is 0.167. The maximum absolute atomic E-state index is 6.14. The summed E-state index contributed by atoms with van der Waals surface area (Å²) < 4.78 is 1.97. The molecule has 2 aromatic heterocycles. The van der Waals surface area contributed by atoms with Crippen molar-refractivity contribution in [3.05, 3.63) is 58.9 Å². The Bertz CT molecular complexity index is 1050. The minimum Gasteiger partial charge on any atom is -0.325 e. The van der Waals surface area contributed by atoms with Crippen LogP contribution < -0.4 is 5.32 Å². The van der Waals surface area contributed by atoms with Crippen LogP contribution in [0.1, 0.15) is 18.3 Å². The SMILES string of the molecule is CCc1nnc2c3ccccc3nc(Nc3cc(Cl)ccc3C)n12. The zero-order valence-electron chi connectivity index (χ0n) is 13.4. The molecule has 0 fully saturated rings. The van der Waals surface area contributed by atoms with E-state index in [4.69, 9.17) is 16.6 Å². The van der Waals surface area contributed by atoms with Crippen LogP contribution in [-0.4, -0.2) is 19.6 Å². The predicted octanol–water partition coefficient (Wildman–Crippen LogP) is 4.55. The fourth-order valence-electron chi connectivity index (χ4n) is 2.80. The Morgan fingerprint density at radius 1 is 1.12 bits per heavy atom. The topological polar surface area (TPSA) is 55.1 Å². The number of nitrogens with one attached hydrogen (secondary N) is 1. The first kappa shape index (κ1) is 14.9. The van der Waals surface area contributed by atoms with Crippen LogP contribution in [0.15, 0.2) is 42.5 Å². The number of rotatable bonds is 3. The van der Waals surface area contributed by atoms with Crippen molar-refractivity contribution in [2.75, 3.05) is 5.32 Å². The maximum Gasteiger partial charge on any atom is 0.215 e. The normalized spacial score (nSPS) is 11.3. The van der Waals surface area contributed by atoms with Gasteiger partial charge in [-0.3, -0.25) is 0 Å². The molecule has 5 nitrogen and oxygen atoms in total. The Kier molecular flexibility index (Phi) is 3.58. The van der Waals surface area contributed by atoms with E-state index in [0.717, 1.165) is 40.0 Å². The van der Waals surface area contributed by atoms with Gasteiger partial charge in [-0.15, -0.1) is 10.2 Å². The van der Waals surface area contributed by atoms with Crippen molar-refractivity contribution >= 4 is 39.8 Å². The molecule has 0 unspecified atom stereocenters. The third-order valence-corrected chi connectivity index (χ3v) is 4.31. The van der Waals surface area contributed by atoms with Crippen molar-refractivity contribution in [3.63, 3.8) is 0 Å². The fourth-order valence-corrected chi connectivity index (χ4v) is 2.97. The first-order valence-corrected chi connectivity index (χ1v) is 8.21. The molecule has 0 radical (unpaired) electrons. The molecule has 24 heavy (non-hydrogen) atoms. The summed E-state index contributed by atoms with van der Waals surface area (Å²) in [5, 5.41) is 13.7. The van der Waals surface area contributed by atoms with Gasteiger partial charge in [-0.05, 0) is 36.8 Å². The first-order chi connectivity index (χ1) is 11.7. The van der Waals surface area contributed by atoms with Gasteiger partial charge in [0.1, 0.15) is 5.82 Å². The number of hydrogen-bond donors (Lipinski definition) is 1. The smallest absolute Gasteiger partial charge is 0.215 e. The molecule has 0 spiro atoms. The molecule has 2 heterocycles. The highest BCUT2D eigenvalue weighted by Gasteiger charge is 2.14. The Labute approximate surface area is 144 Å². The molecule has 6 heteroatoms. The lowest BCUT2D eigenvalue weighted by atomic mass is 10.2. The van der Waals surface area contributed by atoms with Crippen molar-refractivity contribution < 1.29 is 0 Å². The van der Waals surface area contributed by atoms with Crippen LogP contribution >= 0.6 is 11.6 Å². The van der Waals surface area contributed by atoms with Crippen molar-refractivity contribution in [1.82, 2.24) is 19.6 Å². The van der Waals surface area contributed by atoms with E-state index in [-0.39, 0.29) is 0 Å². The van der Waals surface area contributed by atoms with Gasteiger partial charge in [-0.2, -0.15) is 0 Å². The molecule has 1 N–H and O–H groups in total. The maximum atomic E-state index is 6.14. The molecule has 0 amide bonds. The zero-order valence-corrected chi connectivity index (χ0v) is 14.2. The van der Waals surface area contributed by atoms with E-state index in [1.807, 2.05) is 53.8 Å². The standard InChI is InChI=1S/C18H16ClN5/c1-3-16-22-23-17-13-6-4-5-7-14(13)20-18(24(16)17)21-15-10-12(19)9-8-11(15)2/h4-10H,3H2,1-2H3,(H,20,21). The lowest BCUT2D eigenvalue weighted by Crippen LogP contribution is -2.06. The van der Waals surface area contributed by atoms with Crippen LogP contribution in [-0.2, 0) is 6.42 Å². The molecule has 0 saturated heterocycles. The summed E-state index contributed by atoms with van der Waals surface area (Å²) in [5.41, 5.74) is 3.69. The van der Waals surface area contributed by atoms with Crippen LogP contribution in [0.2, 0.25) is 5.02 Å². The highest BCUT2D eigenvalue weighted by atomic mass is 35.5. The number of aromatic nitrogens is 4. The lowest BCUT2D eigenvalue weighted by molar-refractivity contribution is 0.904.